The van der Waals surface area contributed by atoms with Gasteiger partial charge in [-0.3, -0.25) is 0 Å². The molecule has 0 aliphatic rings. The molecule has 3 N–H and O–H groups in total. The zero-order valence-corrected chi connectivity index (χ0v) is 11.0. The van der Waals surface area contributed by atoms with Crippen molar-refractivity contribution in [1.82, 2.24) is 0 Å². The van der Waals surface area contributed by atoms with Crippen LogP contribution in [-0.4, -0.2) is 6.36 Å². The molecule has 21 heavy (non-hydrogen) atoms. The summed E-state index contributed by atoms with van der Waals surface area (Å²) in [6, 6.07) is 7.91. The highest BCUT2D eigenvalue weighted by Gasteiger charge is 2.31. The minimum Gasteiger partial charge on any atom is -0.406 e. The Morgan fingerprint density at radius 1 is 1.14 bits per heavy atom. The van der Waals surface area contributed by atoms with Crippen LogP contribution in [0.1, 0.15) is 5.56 Å². The van der Waals surface area contributed by atoms with Crippen molar-refractivity contribution in [3.05, 3.63) is 47.8 Å². The van der Waals surface area contributed by atoms with Crippen molar-refractivity contribution in [3.63, 3.8) is 0 Å². The standard InChI is InChI=1S/C14H12F4N2O/c1-8-5-13(12(19)7-11(8)15)20-9-3-2-4-10(6-9)21-14(16,17)18/h2-7,20H,19H2,1H3. The topological polar surface area (TPSA) is 47.3 Å². The van der Waals surface area contributed by atoms with E-state index in [1.807, 2.05) is 0 Å². The van der Waals surface area contributed by atoms with E-state index in [1.54, 1.807) is 13.0 Å². The average Bonchev–Trinajstić information content (AvgIpc) is 2.34. The lowest BCUT2D eigenvalue weighted by atomic mass is 10.1. The molecule has 112 valence electrons. The number of ether oxygens (including phenoxy) is 1. The van der Waals surface area contributed by atoms with E-state index in [-0.39, 0.29) is 11.4 Å². The summed E-state index contributed by atoms with van der Waals surface area (Å²) < 4.78 is 53.6. The quantitative estimate of drug-likeness (QED) is 0.654. The SMILES string of the molecule is Cc1cc(Nc2cccc(OC(F)(F)F)c2)c(N)cc1F. The molecule has 0 saturated carbocycles. The lowest BCUT2D eigenvalue weighted by molar-refractivity contribution is -0.274. The summed E-state index contributed by atoms with van der Waals surface area (Å²) in [5.41, 5.74) is 6.93. The monoisotopic (exact) mass is 300 g/mol. The summed E-state index contributed by atoms with van der Waals surface area (Å²) >= 11 is 0. The molecule has 0 saturated heterocycles. The molecule has 0 aromatic heterocycles. The van der Waals surface area contributed by atoms with Gasteiger partial charge < -0.3 is 15.8 Å². The number of hydrogen-bond donors (Lipinski definition) is 2. The molecule has 0 fully saturated rings. The maximum Gasteiger partial charge on any atom is 0.573 e. The zero-order chi connectivity index (χ0) is 15.6. The predicted octanol–water partition coefficient (Wildman–Crippen LogP) is 4.36. The summed E-state index contributed by atoms with van der Waals surface area (Å²) in [5.74, 6) is -0.808. The molecule has 0 aliphatic heterocycles. The van der Waals surface area contributed by atoms with E-state index in [4.69, 9.17) is 5.73 Å². The van der Waals surface area contributed by atoms with Gasteiger partial charge in [0.2, 0.25) is 0 Å². The third-order valence-corrected chi connectivity index (χ3v) is 2.68. The minimum atomic E-state index is -4.76. The van der Waals surface area contributed by atoms with Crippen LogP contribution in [0.15, 0.2) is 36.4 Å². The number of aryl methyl sites for hydroxylation is 1. The van der Waals surface area contributed by atoms with Gasteiger partial charge in [0.05, 0.1) is 11.4 Å². The second kappa shape index (κ2) is 5.51. The van der Waals surface area contributed by atoms with E-state index in [0.717, 1.165) is 6.07 Å². The van der Waals surface area contributed by atoms with Gasteiger partial charge in [-0.1, -0.05) is 6.07 Å². The number of halogens is 4. The molecule has 0 radical (unpaired) electrons. The highest BCUT2D eigenvalue weighted by molar-refractivity contribution is 5.73. The highest BCUT2D eigenvalue weighted by atomic mass is 19.4. The van der Waals surface area contributed by atoms with E-state index in [2.05, 4.69) is 10.1 Å². The molecule has 0 spiro atoms. The molecule has 2 aromatic rings. The molecule has 2 aromatic carbocycles. The number of nitrogen functional groups attached to an aromatic ring is 1. The van der Waals surface area contributed by atoms with Crippen LogP contribution in [0.5, 0.6) is 5.75 Å². The summed E-state index contributed by atoms with van der Waals surface area (Å²) in [4.78, 5) is 0. The Hall–Kier alpha value is -2.44. The van der Waals surface area contributed by atoms with Crippen LogP contribution in [0.2, 0.25) is 0 Å². The fraction of sp³-hybridized carbons (Fsp3) is 0.143. The van der Waals surface area contributed by atoms with E-state index in [0.29, 0.717) is 16.9 Å². The number of nitrogens with one attached hydrogen (secondary N) is 1. The van der Waals surface area contributed by atoms with Gasteiger partial charge in [-0.05, 0) is 36.8 Å². The van der Waals surface area contributed by atoms with Crippen LogP contribution >= 0.6 is 0 Å². The number of hydrogen-bond acceptors (Lipinski definition) is 3. The van der Waals surface area contributed by atoms with E-state index < -0.39 is 12.2 Å². The Bertz CT molecular complexity index is 656. The molecule has 7 heteroatoms. The first-order chi connectivity index (χ1) is 9.74. The summed E-state index contributed by atoms with van der Waals surface area (Å²) in [7, 11) is 0. The number of rotatable bonds is 3. The lowest BCUT2D eigenvalue weighted by Crippen LogP contribution is -2.17. The fourth-order valence-electron chi connectivity index (χ4n) is 1.73. The summed E-state index contributed by atoms with van der Waals surface area (Å²) in [6.45, 7) is 1.56. The van der Waals surface area contributed by atoms with Gasteiger partial charge in [-0.25, -0.2) is 4.39 Å². The van der Waals surface area contributed by atoms with Crippen molar-refractivity contribution < 1.29 is 22.3 Å². The van der Waals surface area contributed by atoms with Gasteiger partial charge in [-0.15, -0.1) is 13.2 Å². The smallest absolute Gasteiger partial charge is 0.406 e. The van der Waals surface area contributed by atoms with Crippen LogP contribution in [0, 0.1) is 12.7 Å². The second-order valence-electron chi connectivity index (χ2n) is 4.39. The minimum absolute atomic E-state index is 0.153. The van der Waals surface area contributed by atoms with Gasteiger partial charge in [0.1, 0.15) is 11.6 Å². The van der Waals surface area contributed by atoms with E-state index >= 15 is 0 Å². The second-order valence-corrected chi connectivity index (χ2v) is 4.39. The highest BCUT2D eigenvalue weighted by Crippen LogP contribution is 2.29. The Balaban J connectivity index is 2.24. The van der Waals surface area contributed by atoms with E-state index in [9.17, 15) is 17.6 Å². The molecular formula is C14H12F4N2O. The maximum absolute atomic E-state index is 13.3. The molecule has 2 rings (SSSR count). The van der Waals surface area contributed by atoms with Crippen molar-refractivity contribution in [2.45, 2.75) is 13.3 Å². The van der Waals surface area contributed by atoms with E-state index in [1.165, 1.54) is 24.3 Å². The Morgan fingerprint density at radius 2 is 1.86 bits per heavy atom. The summed E-state index contributed by atoms with van der Waals surface area (Å²) in [6.07, 6.45) is -4.76. The van der Waals surface area contributed by atoms with Gasteiger partial charge >= 0.3 is 6.36 Å². The van der Waals surface area contributed by atoms with Crippen molar-refractivity contribution in [2.24, 2.45) is 0 Å². The first kappa shape index (κ1) is 15.0. The first-order valence-corrected chi connectivity index (χ1v) is 5.93. The lowest BCUT2D eigenvalue weighted by Gasteiger charge is -2.13. The average molecular weight is 300 g/mol. The maximum atomic E-state index is 13.3. The van der Waals surface area contributed by atoms with Crippen LogP contribution in [-0.2, 0) is 0 Å². The molecule has 0 bridgehead atoms. The van der Waals surface area contributed by atoms with Crippen molar-refractivity contribution in [2.75, 3.05) is 11.1 Å². The number of alkyl halides is 3. The molecule has 0 amide bonds. The van der Waals surface area contributed by atoms with Crippen LogP contribution < -0.4 is 15.8 Å². The number of anilines is 3. The van der Waals surface area contributed by atoms with Gasteiger partial charge in [0.15, 0.2) is 0 Å². The third-order valence-electron chi connectivity index (χ3n) is 2.68. The van der Waals surface area contributed by atoms with Gasteiger partial charge in [0, 0.05) is 11.8 Å². The molecule has 0 aliphatic carbocycles. The third kappa shape index (κ3) is 4.01. The van der Waals surface area contributed by atoms with Crippen LogP contribution in [0.4, 0.5) is 34.6 Å². The van der Waals surface area contributed by atoms with Crippen LogP contribution in [0.3, 0.4) is 0 Å². The molecule has 0 unspecified atom stereocenters. The largest absolute Gasteiger partial charge is 0.573 e. The van der Waals surface area contributed by atoms with Gasteiger partial charge in [-0.2, -0.15) is 0 Å². The van der Waals surface area contributed by atoms with Crippen molar-refractivity contribution in [3.8, 4) is 5.75 Å². The fourth-order valence-corrected chi connectivity index (χ4v) is 1.73. The normalized spacial score (nSPS) is 11.3. The molecular weight excluding hydrogens is 288 g/mol. The molecule has 0 atom stereocenters. The Kier molecular flexibility index (Phi) is 3.93. The van der Waals surface area contributed by atoms with Crippen molar-refractivity contribution >= 4 is 17.1 Å². The van der Waals surface area contributed by atoms with Gasteiger partial charge in [0.25, 0.3) is 0 Å². The van der Waals surface area contributed by atoms with Crippen LogP contribution in [0.25, 0.3) is 0 Å². The zero-order valence-electron chi connectivity index (χ0n) is 11.0. The first-order valence-electron chi connectivity index (χ1n) is 5.93. The summed E-state index contributed by atoms with van der Waals surface area (Å²) in [5, 5.41) is 2.83. The van der Waals surface area contributed by atoms with Crippen molar-refractivity contribution in [1.29, 1.82) is 0 Å². The Labute approximate surface area is 118 Å². The predicted molar refractivity (Wildman–Crippen MR) is 72.0 cm³/mol. The Morgan fingerprint density at radius 3 is 2.52 bits per heavy atom. The number of benzene rings is 2. The molecule has 3 nitrogen and oxygen atoms in total. The molecule has 0 heterocycles. The number of nitrogens with two attached hydrogens (primary N) is 1.